The Hall–Kier alpha value is -1.56. The Morgan fingerprint density at radius 1 is 1.05 bits per heavy atom. The molecule has 1 heterocycles. The number of hydrogen-bond donors (Lipinski definition) is 2. The summed E-state index contributed by atoms with van der Waals surface area (Å²) in [5.74, 6) is -0.141. The van der Waals surface area contributed by atoms with Gasteiger partial charge in [-0.2, -0.15) is 0 Å². The molecule has 1 amide bonds. The summed E-state index contributed by atoms with van der Waals surface area (Å²) in [6.45, 7) is 0. The number of nitrogens with zero attached hydrogens (tertiary/aromatic N) is 2. The molecular weight excluding hydrogens is 335 g/mol. The highest BCUT2D eigenvalue weighted by Crippen LogP contribution is 2.30. The third-order valence-corrected chi connectivity index (χ3v) is 3.13. The van der Waals surface area contributed by atoms with E-state index in [1.54, 1.807) is 36.4 Å². The van der Waals surface area contributed by atoms with Crippen LogP contribution in [0, 0.1) is 0 Å². The van der Waals surface area contributed by atoms with Gasteiger partial charge in [-0.25, -0.2) is 9.97 Å². The molecule has 110 valence electrons. The highest BCUT2D eigenvalue weighted by Gasteiger charge is 2.34. The van der Waals surface area contributed by atoms with Gasteiger partial charge in [-0.15, -0.1) is 0 Å². The average Bonchev–Trinajstić information content (AvgIpc) is 2.47. The van der Waals surface area contributed by atoms with Crippen molar-refractivity contribution < 1.29 is 4.79 Å². The van der Waals surface area contributed by atoms with Crippen LogP contribution in [0.3, 0.4) is 0 Å². The Morgan fingerprint density at radius 3 is 2.24 bits per heavy atom. The summed E-state index contributed by atoms with van der Waals surface area (Å²) in [4.78, 5) is 20.0. The SMILES string of the molecule is O=C(NC(Nc1ncccn1)C(Cl)(Cl)Cl)c1ccccc1. The number of amides is 1. The molecule has 5 nitrogen and oxygen atoms in total. The Labute approximate surface area is 136 Å². The first-order chi connectivity index (χ1) is 9.97. The van der Waals surface area contributed by atoms with Gasteiger partial charge in [-0.1, -0.05) is 53.0 Å². The van der Waals surface area contributed by atoms with Crippen molar-refractivity contribution in [2.24, 2.45) is 0 Å². The van der Waals surface area contributed by atoms with Crippen LogP contribution in [0.4, 0.5) is 5.95 Å². The second kappa shape index (κ2) is 6.93. The fraction of sp³-hybridized carbons (Fsp3) is 0.154. The molecule has 0 fully saturated rings. The number of aromatic nitrogens is 2. The molecule has 1 aromatic heterocycles. The van der Waals surface area contributed by atoms with Gasteiger partial charge in [0.1, 0.15) is 6.17 Å². The van der Waals surface area contributed by atoms with Crippen LogP contribution in [0.5, 0.6) is 0 Å². The van der Waals surface area contributed by atoms with Gasteiger partial charge in [0.25, 0.3) is 5.91 Å². The topological polar surface area (TPSA) is 66.9 Å². The van der Waals surface area contributed by atoms with Crippen molar-refractivity contribution in [3.05, 3.63) is 54.4 Å². The summed E-state index contributed by atoms with van der Waals surface area (Å²) >= 11 is 17.6. The van der Waals surface area contributed by atoms with E-state index in [2.05, 4.69) is 20.6 Å². The highest BCUT2D eigenvalue weighted by molar-refractivity contribution is 6.68. The van der Waals surface area contributed by atoms with E-state index < -0.39 is 9.96 Å². The van der Waals surface area contributed by atoms with Crippen molar-refractivity contribution in [3.8, 4) is 0 Å². The number of rotatable bonds is 4. The van der Waals surface area contributed by atoms with Gasteiger partial charge < -0.3 is 10.6 Å². The van der Waals surface area contributed by atoms with Crippen molar-refractivity contribution in [2.45, 2.75) is 9.96 Å². The number of anilines is 1. The third-order valence-electron chi connectivity index (χ3n) is 2.48. The Bertz CT molecular complexity index is 589. The number of carbonyl (C=O) groups is 1. The molecule has 0 bridgehead atoms. The fourth-order valence-corrected chi connectivity index (χ4v) is 1.83. The molecule has 21 heavy (non-hydrogen) atoms. The lowest BCUT2D eigenvalue weighted by Crippen LogP contribution is -2.49. The fourth-order valence-electron chi connectivity index (χ4n) is 1.51. The lowest BCUT2D eigenvalue weighted by atomic mass is 10.2. The summed E-state index contributed by atoms with van der Waals surface area (Å²) in [5, 5.41) is 5.37. The second-order valence-corrected chi connectivity index (χ2v) is 6.40. The molecule has 1 unspecified atom stereocenters. The molecule has 2 N–H and O–H groups in total. The monoisotopic (exact) mass is 344 g/mol. The van der Waals surface area contributed by atoms with E-state index in [4.69, 9.17) is 34.8 Å². The number of benzene rings is 1. The molecule has 0 aliphatic carbocycles. The van der Waals surface area contributed by atoms with E-state index in [0.717, 1.165) is 0 Å². The van der Waals surface area contributed by atoms with Gasteiger partial charge in [0, 0.05) is 18.0 Å². The van der Waals surface area contributed by atoms with Crippen molar-refractivity contribution in [1.29, 1.82) is 0 Å². The normalized spacial score (nSPS) is 12.5. The van der Waals surface area contributed by atoms with E-state index in [-0.39, 0.29) is 11.9 Å². The van der Waals surface area contributed by atoms with Crippen LogP contribution in [-0.4, -0.2) is 25.8 Å². The smallest absolute Gasteiger partial charge is 0.252 e. The third kappa shape index (κ3) is 4.74. The zero-order valence-corrected chi connectivity index (χ0v) is 12.9. The standard InChI is InChI=1S/C13H11Cl3N4O/c14-13(15,16)11(20-12-17-7-4-8-18-12)19-10(21)9-5-2-1-3-6-9/h1-8,11H,(H,19,21)(H,17,18,20). The maximum atomic E-state index is 12.1. The minimum absolute atomic E-state index is 0.238. The van der Waals surface area contributed by atoms with Crippen LogP contribution in [0.25, 0.3) is 0 Å². The van der Waals surface area contributed by atoms with Gasteiger partial charge >= 0.3 is 0 Å². The average molecular weight is 346 g/mol. The van der Waals surface area contributed by atoms with Crippen LogP contribution in [0.2, 0.25) is 0 Å². The van der Waals surface area contributed by atoms with Crippen molar-refractivity contribution >= 4 is 46.7 Å². The lowest BCUT2D eigenvalue weighted by Gasteiger charge is -2.26. The van der Waals surface area contributed by atoms with Crippen molar-refractivity contribution in [1.82, 2.24) is 15.3 Å². The highest BCUT2D eigenvalue weighted by atomic mass is 35.6. The molecule has 0 aliphatic heterocycles. The van der Waals surface area contributed by atoms with E-state index in [9.17, 15) is 4.79 Å². The van der Waals surface area contributed by atoms with Crippen molar-refractivity contribution in [2.75, 3.05) is 5.32 Å². The van der Waals surface area contributed by atoms with Crippen LogP contribution in [-0.2, 0) is 0 Å². The summed E-state index contributed by atoms with van der Waals surface area (Å²) in [7, 11) is 0. The van der Waals surface area contributed by atoms with Crippen molar-refractivity contribution in [3.63, 3.8) is 0 Å². The molecule has 1 atom stereocenters. The van der Waals surface area contributed by atoms with Crippen LogP contribution < -0.4 is 10.6 Å². The minimum atomic E-state index is -1.77. The molecule has 2 rings (SSSR count). The van der Waals surface area contributed by atoms with Gasteiger partial charge in [-0.3, -0.25) is 4.79 Å². The molecule has 2 aromatic rings. The van der Waals surface area contributed by atoms with E-state index in [1.165, 1.54) is 12.4 Å². The van der Waals surface area contributed by atoms with Gasteiger partial charge in [-0.05, 0) is 18.2 Å². The molecule has 8 heteroatoms. The Balaban J connectivity index is 2.12. The molecule has 0 spiro atoms. The van der Waals surface area contributed by atoms with Gasteiger partial charge in [0.05, 0.1) is 0 Å². The largest absolute Gasteiger partial charge is 0.330 e. The van der Waals surface area contributed by atoms with Crippen LogP contribution in [0.15, 0.2) is 48.8 Å². The number of nitrogens with one attached hydrogen (secondary N) is 2. The molecule has 0 radical (unpaired) electrons. The van der Waals surface area contributed by atoms with E-state index in [0.29, 0.717) is 5.56 Å². The molecule has 0 aliphatic rings. The van der Waals surface area contributed by atoms with E-state index >= 15 is 0 Å². The number of hydrogen-bond acceptors (Lipinski definition) is 4. The minimum Gasteiger partial charge on any atom is -0.330 e. The quantitative estimate of drug-likeness (QED) is 0.660. The summed E-state index contributed by atoms with van der Waals surface area (Å²) < 4.78 is -1.77. The Kier molecular flexibility index (Phi) is 5.22. The maximum absolute atomic E-state index is 12.1. The summed E-state index contributed by atoms with van der Waals surface area (Å²) in [5.41, 5.74) is 0.451. The molecular formula is C13H11Cl3N4O. The van der Waals surface area contributed by atoms with Crippen LogP contribution >= 0.6 is 34.8 Å². The second-order valence-electron chi connectivity index (χ2n) is 4.03. The van der Waals surface area contributed by atoms with E-state index in [1.807, 2.05) is 0 Å². The number of alkyl halides is 3. The first kappa shape index (κ1) is 15.8. The molecule has 0 saturated carbocycles. The summed E-state index contributed by atoms with van der Waals surface area (Å²) in [6.07, 6.45) is 2.07. The Morgan fingerprint density at radius 2 is 1.67 bits per heavy atom. The number of carbonyl (C=O) groups excluding carboxylic acids is 1. The first-order valence-electron chi connectivity index (χ1n) is 5.93. The number of halogens is 3. The molecule has 0 saturated heterocycles. The predicted octanol–water partition coefficient (Wildman–Crippen LogP) is 3.01. The maximum Gasteiger partial charge on any atom is 0.252 e. The lowest BCUT2D eigenvalue weighted by molar-refractivity contribution is 0.0941. The zero-order valence-electron chi connectivity index (χ0n) is 10.6. The van der Waals surface area contributed by atoms with Gasteiger partial charge in [0.2, 0.25) is 9.74 Å². The predicted molar refractivity (Wildman–Crippen MR) is 83.6 cm³/mol. The first-order valence-corrected chi connectivity index (χ1v) is 7.06. The summed E-state index contributed by atoms with van der Waals surface area (Å²) in [6, 6.07) is 10.3. The van der Waals surface area contributed by atoms with Crippen LogP contribution in [0.1, 0.15) is 10.4 Å². The molecule has 1 aromatic carbocycles. The van der Waals surface area contributed by atoms with Gasteiger partial charge in [0.15, 0.2) is 0 Å². The zero-order chi connectivity index (χ0) is 15.3.